The zero-order valence-electron chi connectivity index (χ0n) is 20.0. The molecule has 0 radical (unpaired) electrons. The molecule has 0 fully saturated rings. The van der Waals surface area contributed by atoms with Gasteiger partial charge in [0.2, 0.25) is 5.91 Å². The highest BCUT2D eigenvalue weighted by Crippen LogP contribution is 2.41. The number of nitrogens with one attached hydrogen (secondary N) is 1. The maximum Gasteiger partial charge on any atom is 0.279 e. The van der Waals surface area contributed by atoms with Crippen molar-refractivity contribution in [1.82, 2.24) is 15.0 Å². The molecule has 1 amide bonds. The number of rotatable bonds is 3. The Bertz CT molecular complexity index is 1240. The highest BCUT2D eigenvalue weighted by Gasteiger charge is 2.32. The van der Waals surface area contributed by atoms with Crippen LogP contribution in [0.3, 0.4) is 0 Å². The van der Waals surface area contributed by atoms with Crippen LogP contribution < -0.4 is 10.9 Å². The molecule has 3 aromatic rings. The molecule has 2 aromatic heterocycles. The number of fused-ring (bicyclic) bond motifs is 3. The normalized spacial score (nSPS) is 17.3. The topological polar surface area (TPSA) is 76.9 Å². The van der Waals surface area contributed by atoms with E-state index in [1.165, 1.54) is 9.56 Å². The van der Waals surface area contributed by atoms with Crippen molar-refractivity contribution in [1.29, 1.82) is 0 Å². The first kappa shape index (κ1) is 22.6. The van der Waals surface area contributed by atoms with E-state index in [-0.39, 0.29) is 16.9 Å². The van der Waals surface area contributed by atoms with Gasteiger partial charge >= 0.3 is 0 Å². The Morgan fingerprint density at radius 1 is 1.22 bits per heavy atom. The number of hydrogen-bond acceptors (Lipinski definition) is 5. The van der Waals surface area contributed by atoms with Gasteiger partial charge in [-0.1, -0.05) is 43.7 Å². The molecule has 2 unspecified atom stereocenters. The van der Waals surface area contributed by atoms with Gasteiger partial charge in [-0.15, -0.1) is 16.4 Å². The van der Waals surface area contributed by atoms with Gasteiger partial charge in [0.25, 0.3) is 5.56 Å². The summed E-state index contributed by atoms with van der Waals surface area (Å²) in [5, 5.41) is 12.1. The largest absolute Gasteiger partial charge is 0.324 e. The Morgan fingerprint density at radius 2 is 1.88 bits per heavy atom. The number of benzene rings is 1. The standard InChI is InChI=1S/C25H32N4O2S/c1-13-10-14(2)21(15(3)11-13)26-22(30)16(4)29-24(31)20-18-9-8-17(25(5,6)7)12-19(18)32-23(20)27-28-29/h10-11,16-17H,8-9,12H2,1-7H3,(H,26,30). The van der Waals surface area contributed by atoms with Crippen LogP contribution in [0.25, 0.3) is 10.2 Å². The number of nitrogens with zero attached hydrogens (tertiary/aromatic N) is 3. The average molecular weight is 453 g/mol. The van der Waals surface area contributed by atoms with E-state index in [2.05, 4.69) is 36.4 Å². The van der Waals surface area contributed by atoms with Crippen molar-refractivity contribution in [3.8, 4) is 0 Å². The van der Waals surface area contributed by atoms with E-state index >= 15 is 0 Å². The van der Waals surface area contributed by atoms with Gasteiger partial charge in [0.1, 0.15) is 6.04 Å². The molecule has 170 valence electrons. The van der Waals surface area contributed by atoms with Crippen LogP contribution in [0.1, 0.15) is 67.3 Å². The summed E-state index contributed by atoms with van der Waals surface area (Å²) in [5.74, 6) is 0.316. The molecule has 0 aliphatic heterocycles. The fourth-order valence-electron chi connectivity index (χ4n) is 4.81. The SMILES string of the molecule is Cc1cc(C)c(NC(=O)C(C)n2nnc3sc4c(c3c2=O)CCC(C(C)(C)C)C4)c(C)c1. The van der Waals surface area contributed by atoms with Gasteiger partial charge in [0, 0.05) is 10.6 Å². The van der Waals surface area contributed by atoms with Crippen LogP contribution >= 0.6 is 11.3 Å². The van der Waals surface area contributed by atoms with Crippen molar-refractivity contribution < 1.29 is 4.79 Å². The van der Waals surface area contributed by atoms with Crippen LogP contribution in [0.15, 0.2) is 16.9 Å². The number of amides is 1. The van der Waals surface area contributed by atoms with Gasteiger partial charge in [-0.2, -0.15) is 4.68 Å². The minimum absolute atomic E-state index is 0.221. The number of thiophene rings is 1. The quantitative estimate of drug-likeness (QED) is 0.598. The second kappa shape index (κ2) is 8.10. The van der Waals surface area contributed by atoms with Crippen molar-refractivity contribution in [3.63, 3.8) is 0 Å². The lowest BCUT2D eigenvalue weighted by Crippen LogP contribution is -2.34. The Morgan fingerprint density at radius 3 is 2.50 bits per heavy atom. The van der Waals surface area contributed by atoms with E-state index in [0.29, 0.717) is 16.1 Å². The first-order chi connectivity index (χ1) is 15.0. The summed E-state index contributed by atoms with van der Waals surface area (Å²) in [6.07, 6.45) is 2.91. The first-order valence-electron chi connectivity index (χ1n) is 11.3. The smallest absolute Gasteiger partial charge is 0.279 e. The van der Waals surface area contributed by atoms with Crippen LogP contribution in [0.5, 0.6) is 0 Å². The number of aromatic nitrogens is 3. The molecular weight excluding hydrogens is 420 g/mol. The molecule has 1 aromatic carbocycles. The summed E-state index contributed by atoms with van der Waals surface area (Å²) in [6.45, 7) is 14.5. The summed E-state index contributed by atoms with van der Waals surface area (Å²) in [4.78, 5) is 28.4. The fraction of sp³-hybridized carbons (Fsp3) is 0.520. The Hall–Kier alpha value is -2.54. The second-order valence-electron chi connectivity index (χ2n) is 10.3. The molecule has 2 heterocycles. The van der Waals surface area contributed by atoms with E-state index in [1.807, 2.05) is 32.9 Å². The van der Waals surface area contributed by atoms with E-state index in [4.69, 9.17) is 0 Å². The third-order valence-corrected chi connectivity index (χ3v) is 7.94. The van der Waals surface area contributed by atoms with Gasteiger partial charge < -0.3 is 5.32 Å². The monoisotopic (exact) mass is 452 g/mol. The molecule has 1 aliphatic carbocycles. The molecule has 0 bridgehead atoms. The Balaban J connectivity index is 1.66. The summed E-state index contributed by atoms with van der Waals surface area (Å²) in [6, 6.07) is 3.31. The Labute approximate surface area is 193 Å². The van der Waals surface area contributed by atoms with Gasteiger partial charge in [-0.25, -0.2) is 0 Å². The summed E-state index contributed by atoms with van der Waals surface area (Å²) in [5.41, 5.74) is 5.05. The van der Waals surface area contributed by atoms with E-state index < -0.39 is 6.04 Å². The maximum absolute atomic E-state index is 13.4. The zero-order valence-corrected chi connectivity index (χ0v) is 20.8. The molecule has 0 saturated carbocycles. The van der Waals surface area contributed by atoms with Crippen LogP contribution in [0, 0.1) is 32.1 Å². The van der Waals surface area contributed by atoms with Gasteiger partial charge in [0.05, 0.1) is 5.39 Å². The lowest BCUT2D eigenvalue weighted by molar-refractivity contribution is -0.119. The number of anilines is 1. The predicted molar refractivity (Wildman–Crippen MR) is 131 cm³/mol. The molecule has 7 heteroatoms. The van der Waals surface area contributed by atoms with Crippen molar-refractivity contribution >= 4 is 33.1 Å². The fourth-order valence-corrected chi connectivity index (χ4v) is 6.05. The van der Waals surface area contributed by atoms with E-state index in [0.717, 1.165) is 47.2 Å². The summed E-state index contributed by atoms with van der Waals surface area (Å²) >= 11 is 1.58. The van der Waals surface area contributed by atoms with Crippen molar-refractivity contribution in [3.05, 3.63) is 49.6 Å². The summed E-state index contributed by atoms with van der Waals surface area (Å²) in [7, 11) is 0. The molecule has 1 N–H and O–H groups in total. The molecule has 0 saturated heterocycles. The van der Waals surface area contributed by atoms with Crippen LogP contribution in [-0.2, 0) is 17.6 Å². The van der Waals surface area contributed by atoms with Crippen molar-refractivity contribution in [2.24, 2.45) is 11.3 Å². The van der Waals surface area contributed by atoms with E-state index in [9.17, 15) is 9.59 Å². The van der Waals surface area contributed by atoms with Crippen LogP contribution in [0.4, 0.5) is 5.69 Å². The van der Waals surface area contributed by atoms with Gasteiger partial charge in [-0.05, 0) is 75.0 Å². The van der Waals surface area contributed by atoms with Crippen LogP contribution in [0.2, 0.25) is 0 Å². The number of carbonyl (C=O) groups is 1. The van der Waals surface area contributed by atoms with Crippen molar-refractivity contribution in [2.75, 3.05) is 5.32 Å². The molecule has 4 rings (SSSR count). The molecule has 1 aliphatic rings. The van der Waals surface area contributed by atoms with Gasteiger partial charge in [-0.3, -0.25) is 9.59 Å². The number of aryl methyl sites for hydroxylation is 4. The highest BCUT2D eigenvalue weighted by molar-refractivity contribution is 7.18. The summed E-state index contributed by atoms with van der Waals surface area (Å²) < 4.78 is 1.24. The highest BCUT2D eigenvalue weighted by atomic mass is 32.1. The Kier molecular flexibility index (Phi) is 5.74. The lowest BCUT2D eigenvalue weighted by Gasteiger charge is -2.33. The third-order valence-electron chi connectivity index (χ3n) is 6.80. The average Bonchev–Trinajstić information content (AvgIpc) is 3.08. The zero-order chi connectivity index (χ0) is 23.4. The predicted octanol–water partition coefficient (Wildman–Crippen LogP) is 5.13. The first-order valence-corrected chi connectivity index (χ1v) is 12.1. The number of carbonyl (C=O) groups excluding carboxylic acids is 1. The second-order valence-corrected chi connectivity index (χ2v) is 11.4. The van der Waals surface area contributed by atoms with Gasteiger partial charge in [0.15, 0.2) is 4.83 Å². The molecule has 0 spiro atoms. The van der Waals surface area contributed by atoms with Crippen LogP contribution in [-0.4, -0.2) is 20.9 Å². The maximum atomic E-state index is 13.4. The molecule has 32 heavy (non-hydrogen) atoms. The van der Waals surface area contributed by atoms with Crippen molar-refractivity contribution in [2.45, 2.75) is 73.8 Å². The number of hydrogen-bond donors (Lipinski definition) is 1. The third kappa shape index (κ3) is 3.98. The molecule has 2 atom stereocenters. The minimum Gasteiger partial charge on any atom is -0.324 e. The minimum atomic E-state index is -0.763. The lowest BCUT2D eigenvalue weighted by atomic mass is 9.72. The molecule has 6 nitrogen and oxygen atoms in total. The molecular formula is C25H32N4O2S. The van der Waals surface area contributed by atoms with E-state index in [1.54, 1.807) is 18.3 Å².